The van der Waals surface area contributed by atoms with E-state index in [4.69, 9.17) is 19.8 Å². The Labute approximate surface area is 52.4 Å². The van der Waals surface area contributed by atoms with E-state index in [9.17, 15) is 0 Å². The van der Waals surface area contributed by atoms with Gasteiger partial charge in [0, 0.05) is 0 Å². The number of hydrogen-bond acceptors (Lipinski definition) is 6. The van der Waals surface area contributed by atoms with E-state index in [-0.39, 0.29) is 0 Å². The van der Waals surface area contributed by atoms with Gasteiger partial charge in [-0.05, 0) is 0 Å². The second-order valence-electron chi connectivity index (χ2n) is 1.10. The lowest BCUT2D eigenvalue weighted by Gasteiger charge is -2.12. The Morgan fingerprint density at radius 1 is 1.00 bits per heavy atom. The number of hydrogen-bond donors (Lipinski definition) is 4. The third-order valence-corrected chi connectivity index (χ3v) is 1.52. The molecule has 0 aliphatic heterocycles. The molecule has 6 nitrogen and oxygen atoms in total. The van der Waals surface area contributed by atoms with Crippen LogP contribution in [0.25, 0.3) is 0 Å². The van der Waals surface area contributed by atoms with Crippen LogP contribution in [-0.2, 0) is 8.85 Å². The van der Waals surface area contributed by atoms with Crippen molar-refractivity contribution < 1.29 is 28.7 Å². The fourth-order valence-corrected chi connectivity index (χ4v) is 0.630. The zero-order valence-corrected chi connectivity index (χ0v) is 5.52. The van der Waals surface area contributed by atoms with Crippen LogP contribution in [0.1, 0.15) is 0 Å². The van der Waals surface area contributed by atoms with Crippen LogP contribution in [0.5, 0.6) is 0 Å². The number of aliphatic hydroxyl groups excluding tert-OH is 2. The molecule has 0 rings (SSSR count). The molecule has 0 saturated carbocycles. The fourth-order valence-electron chi connectivity index (χ4n) is 0.210. The van der Waals surface area contributed by atoms with Gasteiger partial charge < -0.3 is 28.7 Å². The molecule has 0 aromatic rings. The first-order valence-corrected chi connectivity index (χ1v) is 3.78. The van der Waals surface area contributed by atoms with Gasteiger partial charge in [0.15, 0.2) is 0 Å². The molecule has 0 saturated heterocycles. The third-order valence-electron chi connectivity index (χ3n) is 0.505. The molecule has 7 heteroatoms. The molecule has 0 aromatic heterocycles. The summed E-state index contributed by atoms with van der Waals surface area (Å²) >= 11 is 0. The van der Waals surface area contributed by atoms with Crippen molar-refractivity contribution in [1.82, 2.24) is 0 Å². The van der Waals surface area contributed by atoms with Gasteiger partial charge in [-0.15, -0.1) is 0 Å². The van der Waals surface area contributed by atoms with Crippen LogP contribution in [0.3, 0.4) is 0 Å². The Bertz CT molecular complexity index is 65.5. The molecular formula is C2H8O6Si. The van der Waals surface area contributed by atoms with Crippen LogP contribution in [0.2, 0.25) is 0 Å². The topological polar surface area (TPSA) is 99.4 Å². The molecule has 0 spiro atoms. The maximum absolute atomic E-state index is 8.44. The van der Waals surface area contributed by atoms with Crippen molar-refractivity contribution in [2.75, 3.05) is 13.6 Å². The number of aliphatic hydroxyl groups is 2. The van der Waals surface area contributed by atoms with Gasteiger partial charge in [-0.1, -0.05) is 0 Å². The fraction of sp³-hybridized carbons (Fsp3) is 1.00. The Morgan fingerprint density at radius 3 is 1.56 bits per heavy atom. The molecule has 0 amide bonds. The summed E-state index contributed by atoms with van der Waals surface area (Å²) < 4.78 is 7.79. The van der Waals surface area contributed by atoms with Crippen LogP contribution in [-0.4, -0.2) is 42.4 Å². The highest BCUT2D eigenvalue weighted by Gasteiger charge is 2.35. The van der Waals surface area contributed by atoms with Crippen molar-refractivity contribution in [2.45, 2.75) is 0 Å². The average Bonchev–Trinajstić information content (AvgIpc) is 1.64. The van der Waals surface area contributed by atoms with Gasteiger partial charge >= 0.3 is 9.05 Å². The van der Waals surface area contributed by atoms with Gasteiger partial charge in [0.25, 0.3) is 0 Å². The van der Waals surface area contributed by atoms with Gasteiger partial charge in [-0.25, -0.2) is 0 Å². The maximum atomic E-state index is 8.44. The number of rotatable bonds is 4. The molecule has 0 aromatic carbocycles. The van der Waals surface area contributed by atoms with E-state index in [1.807, 2.05) is 0 Å². The molecule has 9 heavy (non-hydrogen) atoms. The van der Waals surface area contributed by atoms with Crippen LogP contribution in [0, 0.1) is 0 Å². The second-order valence-corrected chi connectivity index (χ2v) is 2.77. The van der Waals surface area contributed by atoms with Gasteiger partial charge in [-0.3, -0.25) is 0 Å². The van der Waals surface area contributed by atoms with E-state index in [1.165, 1.54) is 0 Å². The first-order valence-electron chi connectivity index (χ1n) is 2.07. The SMILES string of the molecule is OCO[Si](O)(O)OCO. The Kier molecular flexibility index (Phi) is 3.89. The first kappa shape index (κ1) is 8.98. The Hall–Kier alpha value is -0.0231. The zero-order valence-electron chi connectivity index (χ0n) is 4.52. The standard InChI is InChI=1S/C2H8O6Si/c3-1-7-9(5,6)8-2-4/h3-6H,1-2H2. The normalized spacial score (nSPS) is 12.0. The lowest BCUT2D eigenvalue weighted by atomic mass is 11.6. The second kappa shape index (κ2) is 3.90. The van der Waals surface area contributed by atoms with Gasteiger partial charge in [-0.2, -0.15) is 0 Å². The molecule has 0 aliphatic carbocycles. The van der Waals surface area contributed by atoms with E-state index < -0.39 is 22.6 Å². The predicted molar refractivity (Wildman–Crippen MR) is 26.5 cm³/mol. The predicted octanol–water partition coefficient (Wildman–Crippen LogP) is -2.66. The minimum Gasteiger partial charge on any atom is -0.371 e. The Balaban J connectivity index is 3.43. The summed E-state index contributed by atoms with van der Waals surface area (Å²) in [5.74, 6) is 0. The monoisotopic (exact) mass is 156 g/mol. The summed E-state index contributed by atoms with van der Waals surface area (Å²) in [6.07, 6.45) is 0. The van der Waals surface area contributed by atoms with Crippen molar-refractivity contribution >= 4 is 9.05 Å². The van der Waals surface area contributed by atoms with Crippen molar-refractivity contribution in [3.63, 3.8) is 0 Å². The van der Waals surface area contributed by atoms with Crippen molar-refractivity contribution in [1.29, 1.82) is 0 Å². The molecule has 0 unspecified atom stereocenters. The van der Waals surface area contributed by atoms with E-state index in [1.54, 1.807) is 0 Å². The van der Waals surface area contributed by atoms with Crippen LogP contribution in [0.15, 0.2) is 0 Å². The third kappa shape index (κ3) is 4.48. The minimum absolute atomic E-state index is 0.848. The highest BCUT2D eigenvalue weighted by molar-refractivity contribution is 6.50. The lowest BCUT2D eigenvalue weighted by Crippen LogP contribution is -2.43. The molecule has 0 heterocycles. The largest absolute Gasteiger partial charge is 0.677 e. The quantitative estimate of drug-likeness (QED) is 0.262. The van der Waals surface area contributed by atoms with Crippen LogP contribution >= 0.6 is 0 Å². The summed E-state index contributed by atoms with van der Waals surface area (Å²) in [6.45, 7) is -1.70. The van der Waals surface area contributed by atoms with Crippen molar-refractivity contribution in [3.05, 3.63) is 0 Å². The van der Waals surface area contributed by atoms with Crippen LogP contribution < -0.4 is 0 Å². The first-order chi connectivity index (χ1) is 4.12. The molecule has 0 aliphatic rings. The molecule has 0 atom stereocenters. The Morgan fingerprint density at radius 2 is 1.33 bits per heavy atom. The van der Waals surface area contributed by atoms with Gasteiger partial charge in [0.05, 0.1) is 0 Å². The highest BCUT2D eigenvalue weighted by atomic mass is 28.4. The van der Waals surface area contributed by atoms with Crippen LogP contribution in [0.4, 0.5) is 0 Å². The van der Waals surface area contributed by atoms with Crippen molar-refractivity contribution in [2.24, 2.45) is 0 Å². The molecule has 0 radical (unpaired) electrons. The highest BCUT2D eigenvalue weighted by Crippen LogP contribution is 1.94. The smallest absolute Gasteiger partial charge is 0.371 e. The zero-order chi connectivity index (χ0) is 7.33. The molecule has 56 valence electrons. The van der Waals surface area contributed by atoms with E-state index >= 15 is 0 Å². The van der Waals surface area contributed by atoms with E-state index in [0.717, 1.165) is 0 Å². The van der Waals surface area contributed by atoms with Gasteiger partial charge in [0.1, 0.15) is 13.6 Å². The maximum Gasteiger partial charge on any atom is 0.677 e. The minimum atomic E-state index is -4.20. The van der Waals surface area contributed by atoms with E-state index in [2.05, 4.69) is 8.85 Å². The van der Waals surface area contributed by atoms with Crippen molar-refractivity contribution in [3.8, 4) is 0 Å². The average molecular weight is 156 g/mol. The summed E-state index contributed by atoms with van der Waals surface area (Å²) in [4.78, 5) is 16.9. The molecular weight excluding hydrogens is 148 g/mol. The summed E-state index contributed by atoms with van der Waals surface area (Å²) in [5, 5.41) is 15.9. The van der Waals surface area contributed by atoms with Gasteiger partial charge in [0.2, 0.25) is 0 Å². The molecule has 0 fully saturated rings. The summed E-state index contributed by atoms with van der Waals surface area (Å²) in [7, 11) is -4.20. The summed E-state index contributed by atoms with van der Waals surface area (Å²) in [6, 6.07) is 0. The van der Waals surface area contributed by atoms with E-state index in [0.29, 0.717) is 0 Å². The lowest BCUT2D eigenvalue weighted by molar-refractivity contribution is -0.0631. The molecule has 0 bridgehead atoms. The summed E-state index contributed by atoms with van der Waals surface area (Å²) in [5.41, 5.74) is 0. The molecule has 4 N–H and O–H groups in total.